The molecule has 0 heterocycles. The zero-order chi connectivity index (χ0) is 15.1. The molecule has 108 valence electrons. The molecule has 0 spiro atoms. The number of nitrogens with zero attached hydrogens (tertiary/aromatic N) is 1. The van der Waals surface area contributed by atoms with Crippen LogP contribution in [0, 0.1) is 5.82 Å². The molecule has 2 aromatic rings. The lowest BCUT2D eigenvalue weighted by molar-refractivity contribution is -0.120. The lowest BCUT2D eigenvalue weighted by atomic mass is 10.2. The third kappa shape index (κ3) is 4.68. The van der Waals surface area contributed by atoms with Gasteiger partial charge in [0.05, 0.1) is 11.9 Å². The molecule has 21 heavy (non-hydrogen) atoms. The van der Waals surface area contributed by atoms with Gasteiger partial charge in [0, 0.05) is 10.0 Å². The number of benzene rings is 2. The third-order valence-corrected chi connectivity index (χ3v) is 3.24. The Balaban J connectivity index is 1.82. The van der Waals surface area contributed by atoms with E-state index in [1.807, 2.05) is 24.3 Å². The van der Waals surface area contributed by atoms with Crippen molar-refractivity contribution in [1.82, 2.24) is 0 Å². The highest BCUT2D eigenvalue weighted by Gasteiger charge is 2.06. The summed E-state index contributed by atoms with van der Waals surface area (Å²) in [5, 5.41) is 6.10. The number of anilines is 1. The summed E-state index contributed by atoms with van der Waals surface area (Å²) in [6, 6.07) is 13.4. The van der Waals surface area contributed by atoms with Gasteiger partial charge in [-0.1, -0.05) is 51.4 Å². The van der Waals surface area contributed by atoms with E-state index in [-0.39, 0.29) is 12.3 Å². The Kier molecular flexibility index (Phi) is 5.45. The van der Waals surface area contributed by atoms with Crippen molar-refractivity contribution in [3.8, 4) is 0 Å². The fourth-order valence-electron chi connectivity index (χ4n) is 1.52. The van der Waals surface area contributed by atoms with Crippen molar-refractivity contribution in [2.24, 2.45) is 5.16 Å². The average Bonchev–Trinajstić information content (AvgIpc) is 2.48. The summed E-state index contributed by atoms with van der Waals surface area (Å²) in [6.07, 6.45) is 1.49. The molecule has 2 rings (SSSR count). The van der Waals surface area contributed by atoms with Crippen molar-refractivity contribution in [3.63, 3.8) is 0 Å². The van der Waals surface area contributed by atoms with Gasteiger partial charge in [-0.25, -0.2) is 4.39 Å². The number of carbonyl (C=O) groups is 1. The molecule has 0 radical (unpaired) electrons. The summed E-state index contributed by atoms with van der Waals surface area (Å²) in [4.78, 5) is 16.4. The summed E-state index contributed by atoms with van der Waals surface area (Å²) in [5.41, 5.74) is 0.938. The molecular formula is C15H12BrFN2O2. The summed E-state index contributed by atoms with van der Waals surface area (Å²) in [5.74, 6) is -0.980. The van der Waals surface area contributed by atoms with Crippen LogP contribution in [0.2, 0.25) is 0 Å². The number of halogens is 2. The second kappa shape index (κ2) is 7.54. The molecule has 0 aliphatic carbocycles. The molecule has 0 aliphatic rings. The van der Waals surface area contributed by atoms with Crippen molar-refractivity contribution in [3.05, 3.63) is 64.4 Å². The molecule has 6 heteroatoms. The molecule has 0 saturated heterocycles. The predicted molar refractivity (Wildman–Crippen MR) is 82.7 cm³/mol. The third-order valence-electron chi connectivity index (χ3n) is 2.52. The number of oxime groups is 1. The molecular weight excluding hydrogens is 339 g/mol. The number of rotatable bonds is 5. The molecule has 0 unspecified atom stereocenters. The molecule has 0 aromatic heterocycles. The van der Waals surface area contributed by atoms with Crippen LogP contribution in [0.1, 0.15) is 5.56 Å². The van der Waals surface area contributed by atoms with Gasteiger partial charge >= 0.3 is 0 Å². The zero-order valence-corrected chi connectivity index (χ0v) is 12.5. The van der Waals surface area contributed by atoms with Gasteiger partial charge in [-0.15, -0.1) is 0 Å². The van der Waals surface area contributed by atoms with Gasteiger partial charge in [0.15, 0.2) is 6.61 Å². The van der Waals surface area contributed by atoms with Gasteiger partial charge in [0.25, 0.3) is 5.91 Å². The fraction of sp³-hybridized carbons (Fsp3) is 0.0667. The van der Waals surface area contributed by atoms with Crippen LogP contribution in [-0.4, -0.2) is 18.7 Å². The molecule has 1 N–H and O–H groups in total. The predicted octanol–water partition coefficient (Wildman–Crippen LogP) is 3.58. The highest BCUT2D eigenvalue weighted by atomic mass is 79.9. The van der Waals surface area contributed by atoms with Crippen molar-refractivity contribution in [2.75, 3.05) is 11.9 Å². The van der Waals surface area contributed by atoms with Crippen molar-refractivity contribution >= 4 is 33.7 Å². The number of amides is 1. The number of nitrogens with one attached hydrogen (secondary N) is 1. The Hall–Kier alpha value is -2.21. The normalized spacial score (nSPS) is 10.6. The number of para-hydroxylation sites is 1. The minimum Gasteiger partial charge on any atom is -0.386 e. The molecule has 0 aliphatic heterocycles. The molecule has 0 bridgehead atoms. The molecule has 0 atom stereocenters. The van der Waals surface area contributed by atoms with Crippen LogP contribution in [0.25, 0.3) is 0 Å². The van der Waals surface area contributed by atoms with Crippen molar-refractivity contribution in [1.29, 1.82) is 0 Å². The molecule has 0 saturated carbocycles. The Morgan fingerprint density at radius 1 is 1.24 bits per heavy atom. The van der Waals surface area contributed by atoms with Gasteiger partial charge in [-0.2, -0.15) is 0 Å². The zero-order valence-electron chi connectivity index (χ0n) is 10.9. The Bertz CT molecular complexity index is 662. The Morgan fingerprint density at radius 2 is 1.95 bits per heavy atom. The lowest BCUT2D eigenvalue weighted by Crippen LogP contribution is -2.17. The van der Waals surface area contributed by atoms with E-state index in [1.165, 1.54) is 18.3 Å². The van der Waals surface area contributed by atoms with Gasteiger partial charge in [-0.05, 0) is 18.2 Å². The Labute approximate surface area is 129 Å². The highest BCUT2D eigenvalue weighted by Crippen LogP contribution is 2.14. The molecule has 4 nitrogen and oxygen atoms in total. The SMILES string of the molecule is O=C(CO/N=C\c1ccccc1Br)Nc1ccccc1F. The van der Waals surface area contributed by atoms with Crippen LogP contribution >= 0.6 is 15.9 Å². The van der Waals surface area contributed by atoms with Gasteiger partial charge in [0.2, 0.25) is 0 Å². The standard InChI is InChI=1S/C15H12BrFN2O2/c16-12-6-2-1-5-11(12)9-18-21-10-15(20)19-14-8-4-3-7-13(14)17/h1-9H,10H2,(H,19,20)/b18-9-. The van der Waals surface area contributed by atoms with Gasteiger partial charge in [0.1, 0.15) is 5.82 Å². The van der Waals surface area contributed by atoms with Crippen molar-refractivity contribution in [2.45, 2.75) is 0 Å². The smallest absolute Gasteiger partial charge is 0.265 e. The van der Waals surface area contributed by atoms with E-state index in [0.29, 0.717) is 0 Å². The first kappa shape index (κ1) is 15.2. The van der Waals surface area contributed by atoms with E-state index < -0.39 is 11.7 Å². The second-order valence-corrected chi connectivity index (χ2v) is 4.91. The van der Waals surface area contributed by atoms with Crippen LogP contribution in [-0.2, 0) is 9.63 Å². The largest absolute Gasteiger partial charge is 0.386 e. The molecule has 0 fully saturated rings. The summed E-state index contributed by atoms with van der Waals surface area (Å²) in [7, 11) is 0. The van der Waals surface area contributed by atoms with Crippen LogP contribution in [0.15, 0.2) is 58.2 Å². The summed E-state index contributed by atoms with van der Waals surface area (Å²) >= 11 is 3.36. The maximum absolute atomic E-state index is 13.3. The number of hydrogen-bond acceptors (Lipinski definition) is 3. The second-order valence-electron chi connectivity index (χ2n) is 4.06. The number of hydrogen-bond donors (Lipinski definition) is 1. The number of carbonyl (C=O) groups excluding carboxylic acids is 1. The Morgan fingerprint density at radius 3 is 2.71 bits per heavy atom. The quantitative estimate of drug-likeness (QED) is 0.661. The van der Waals surface area contributed by atoms with Crippen LogP contribution in [0.5, 0.6) is 0 Å². The van der Waals surface area contributed by atoms with E-state index in [9.17, 15) is 9.18 Å². The first-order valence-electron chi connectivity index (χ1n) is 6.11. The maximum atomic E-state index is 13.3. The highest BCUT2D eigenvalue weighted by molar-refractivity contribution is 9.10. The van der Waals surface area contributed by atoms with E-state index in [4.69, 9.17) is 4.84 Å². The van der Waals surface area contributed by atoms with Gasteiger partial charge in [-0.3, -0.25) is 4.79 Å². The maximum Gasteiger partial charge on any atom is 0.265 e. The lowest BCUT2D eigenvalue weighted by Gasteiger charge is -2.04. The van der Waals surface area contributed by atoms with E-state index in [2.05, 4.69) is 26.4 Å². The minimum absolute atomic E-state index is 0.112. The summed E-state index contributed by atoms with van der Waals surface area (Å²) < 4.78 is 14.2. The first-order chi connectivity index (χ1) is 10.2. The van der Waals surface area contributed by atoms with Crippen LogP contribution in [0.4, 0.5) is 10.1 Å². The van der Waals surface area contributed by atoms with Crippen LogP contribution < -0.4 is 5.32 Å². The van der Waals surface area contributed by atoms with Crippen LogP contribution in [0.3, 0.4) is 0 Å². The first-order valence-corrected chi connectivity index (χ1v) is 6.90. The topological polar surface area (TPSA) is 50.7 Å². The average molecular weight is 351 g/mol. The summed E-state index contributed by atoms with van der Waals surface area (Å²) in [6.45, 7) is -0.296. The van der Waals surface area contributed by atoms with E-state index >= 15 is 0 Å². The molecule has 2 aromatic carbocycles. The van der Waals surface area contributed by atoms with E-state index in [1.54, 1.807) is 12.1 Å². The van der Waals surface area contributed by atoms with Gasteiger partial charge < -0.3 is 10.2 Å². The van der Waals surface area contributed by atoms with Crippen molar-refractivity contribution < 1.29 is 14.0 Å². The fourth-order valence-corrected chi connectivity index (χ4v) is 1.91. The molecule has 1 amide bonds. The monoisotopic (exact) mass is 350 g/mol. The van der Waals surface area contributed by atoms with E-state index in [0.717, 1.165) is 10.0 Å². The minimum atomic E-state index is -0.498.